The van der Waals surface area contributed by atoms with E-state index in [4.69, 9.17) is 4.74 Å². The zero-order valence-corrected chi connectivity index (χ0v) is 12.9. The van der Waals surface area contributed by atoms with Crippen molar-refractivity contribution in [1.82, 2.24) is 4.90 Å². The number of anilines is 1. The number of carbonyl (C=O) groups is 1. The van der Waals surface area contributed by atoms with Crippen molar-refractivity contribution in [2.45, 2.75) is 13.1 Å². The third-order valence-electron chi connectivity index (χ3n) is 4.22. The molecule has 0 radical (unpaired) electrons. The molecule has 0 atom stereocenters. The van der Waals surface area contributed by atoms with Crippen molar-refractivity contribution >= 4 is 17.6 Å². The van der Waals surface area contributed by atoms with Crippen molar-refractivity contribution in [3.8, 4) is 5.75 Å². The highest BCUT2D eigenvalue weighted by atomic mass is 16.5. The second-order valence-electron chi connectivity index (χ2n) is 5.72. The summed E-state index contributed by atoms with van der Waals surface area (Å²) in [6.07, 6.45) is 0. The molecule has 2 aliphatic heterocycles. The number of nitrogens with zero attached hydrogens (tertiary/aromatic N) is 3. The quantitative estimate of drug-likeness (QED) is 0.873. The largest absolute Gasteiger partial charge is 0.497 e. The Morgan fingerprint density at radius 2 is 1.87 bits per heavy atom. The third-order valence-corrected chi connectivity index (χ3v) is 4.22. The number of ether oxygens (including phenoxy) is 1. The molecule has 2 heterocycles. The van der Waals surface area contributed by atoms with Gasteiger partial charge in [0, 0.05) is 18.8 Å². The zero-order chi connectivity index (χ0) is 15.8. The summed E-state index contributed by atoms with van der Waals surface area (Å²) in [7, 11) is 1.66. The van der Waals surface area contributed by atoms with Crippen LogP contribution in [0, 0.1) is 0 Å². The normalized spacial score (nSPS) is 16.0. The Morgan fingerprint density at radius 1 is 1.09 bits per heavy atom. The van der Waals surface area contributed by atoms with E-state index in [-0.39, 0.29) is 5.91 Å². The van der Waals surface area contributed by atoms with E-state index in [1.165, 1.54) is 5.56 Å². The highest BCUT2D eigenvalue weighted by molar-refractivity contribution is 6.12. The molecule has 0 fully saturated rings. The molecule has 1 amide bonds. The summed E-state index contributed by atoms with van der Waals surface area (Å²) in [5, 5.41) is 0. The first-order valence-corrected chi connectivity index (χ1v) is 7.59. The number of hydrogen-bond acceptors (Lipinski definition) is 4. The number of rotatable bonds is 3. The minimum Gasteiger partial charge on any atom is -0.497 e. The summed E-state index contributed by atoms with van der Waals surface area (Å²) in [5.41, 5.74) is 3.46. The van der Waals surface area contributed by atoms with Crippen molar-refractivity contribution in [2.24, 2.45) is 4.99 Å². The van der Waals surface area contributed by atoms with E-state index in [1.54, 1.807) is 7.11 Å². The first-order chi connectivity index (χ1) is 11.2. The van der Waals surface area contributed by atoms with Gasteiger partial charge in [0.1, 0.15) is 12.3 Å². The standard InChI is InChI=1S/C18H17N3O2/c1-23-15-8-6-13(7-9-15)10-20-11-14-4-2-3-5-16(14)21-12-17(22)19-18(20)21/h2-9H,10-12H2,1H3. The van der Waals surface area contributed by atoms with E-state index in [0.29, 0.717) is 13.1 Å². The fraction of sp³-hybridized carbons (Fsp3) is 0.222. The lowest BCUT2D eigenvalue weighted by Gasteiger charge is -2.36. The van der Waals surface area contributed by atoms with Crippen LogP contribution in [0.5, 0.6) is 5.75 Å². The second kappa shape index (κ2) is 5.43. The number of benzene rings is 2. The molecule has 0 saturated carbocycles. The molecule has 5 heteroatoms. The summed E-state index contributed by atoms with van der Waals surface area (Å²) >= 11 is 0. The van der Waals surface area contributed by atoms with Crippen molar-refractivity contribution in [2.75, 3.05) is 18.6 Å². The van der Waals surface area contributed by atoms with E-state index < -0.39 is 0 Å². The first-order valence-electron chi connectivity index (χ1n) is 7.59. The van der Waals surface area contributed by atoms with Crippen molar-refractivity contribution in [3.05, 3.63) is 59.7 Å². The maximum absolute atomic E-state index is 11.8. The smallest absolute Gasteiger partial charge is 0.268 e. The molecular weight excluding hydrogens is 290 g/mol. The number of para-hydroxylation sites is 1. The van der Waals surface area contributed by atoms with Gasteiger partial charge in [0.2, 0.25) is 5.96 Å². The molecule has 0 bridgehead atoms. The van der Waals surface area contributed by atoms with Gasteiger partial charge in [-0.25, -0.2) is 0 Å². The maximum atomic E-state index is 11.8. The molecule has 0 aromatic heterocycles. The van der Waals surface area contributed by atoms with Crippen LogP contribution >= 0.6 is 0 Å². The number of carbonyl (C=O) groups excluding carboxylic acids is 1. The molecule has 116 valence electrons. The van der Waals surface area contributed by atoms with Crippen LogP contribution in [0.15, 0.2) is 53.5 Å². The zero-order valence-electron chi connectivity index (χ0n) is 12.9. The molecule has 0 aliphatic carbocycles. The van der Waals surface area contributed by atoms with Gasteiger partial charge in [-0.3, -0.25) is 4.79 Å². The van der Waals surface area contributed by atoms with Gasteiger partial charge in [0.15, 0.2) is 0 Å². The van der Waals surface area contributed by atoms with E-state index in [9.17, 15) is 4.79 Å². The molecule has 0 unspecified atom stereocenters. The van der Waals surface area contributed by atoms with Gasteiger partial charge < -0.3 is 14.5 Å². The Balaban J connectivity index is 1.65. The summed E-state index contributed by atoms with van der Waals surface area (Å²) in [5.74, 6) is 1.51. The lowest BCUT2D eigenvalue weighted by molar-refractivity contribution is -0.115. The molecule has 0 saturated heterocycles. The Bertz CT molecular complexity index is 783. The lowest BCUT2D eigenvalue weighted by Crippen LogP contribution is -2.45. The fourth-order valence-corrected chi connectivity index (χ4v) is 3.11. The van der Waals surface area contributed by atoms with E-state index in [0.717, 1.165) is 29.5 Å². The fourth-order valence-electron chi connectivity index (χ4n) is 3.11. The monoisotopic (exact) mass is 307 g/mol. The predicted octanol–water partition coefficient (Wildman–Crippen LogP) is 2.41. The molecule has 0 N–H and O–H groups in total. The Kier molecular flexibility index (Phi) is 3.26. The molecule has 4 rings (SSSR count). The number of hydrogen-bond donors (Lipinski definition) is 0. The Labute approximate surface area is 134 Å². The summed E-state index contributed by atoms with van der Waals surface area (Å²) in [6.45, 7) is 1.79. The molecule has 2 aliphatic rings. The average Bonchev–Trinajstić information content (AvgIpc) is 2.98. The highest BCUT2D eigenvalue weighted by Gasteiger charge is 2.34. The van der Waals surface area contributed by atoms with Crippen LogP contribution in [-0.4, -0.2) is 30.4 Å². The predicted molar refractivity (Wildman–Crippen MR) is 88.5 cm³/mol. The molecule has 2 aromatic carbocycles. The van der Waals surface area contributed by atoms with Gasteiger partial charge in [0.25, 0.3) is 5.91 Å². The van der Waals surface area contributed by atoms with Gasteiger partial charge in [-0.1, -0.05) is 30.3 Å². The van der Waals surface area contributed by atoms with Crippen LogP contribution in [0.25, 0.3) is 0 Å². The van der Waals surface area contributed by atoms with Crippen LogP contribution in [0.3, 0.4) is 0 Å². The molecular formula is C18H17N3O2. The number of methoxy groups -OCH3 is 1. The summed E-state index contributed by atoms with van der Waals surface area (Å²) < 4.78 is 5.20. The second-order valence-corrected chi connectivity index (χ2v) is 5.72. The van der Waals surface area contributed by atoms with Crippen molar-refractivity contribution in [3.63, 3.8) is 0 Å². The maximum Gasteiger partial charge on any atom is 0.268 e. The van der Waals surface area contributed by atoms with Gasteiger partial charge >= 0.3 is 0 Å². The molecule has 2 aromatic rings. The molecule has 5 nitrogen and oxygen atoms in total. The van der Waals surface area contributed by atoms with Crippen LogP contribution in [0.1, 0.15) is 11.1 Å². The molecule has 23 heavy (non-hydrogen) atoms. The Morgan fingerprint density at radius 3 is 2.65 bits per heavy atom. The number of fused-ring (bicyclic) bond motifs is 3. The van der Waals surface area contributed by atoms with Crippen LogP contribution in [0.2, 0.25) is 0 Å². The number of amides is 1. The first kappa shape index (κ1) is 13.8. The van der Waals surface area contributed by atoms with Crippen molar-refractivity contribution in [1.29, 1.82) is 0 Å². The summed E-state index contributed by atoms with van der Waals surface area (Å²) in [4.78, 5) is 20.2. The van der Waals surface area contributed by atoms with E-state index >= 15 is 0 Å². The SMILES string of the molecule is COc1ccc(CN2Cc3ccccc3N3CC(=O)N=C23)cc1. The molecule has 0 spiro atoms. The van der Waals surface area contributed by atoms with Crippen LogP contribution in [0.4, 0.5) is 5.69 Å². The Hall–Kier alpha value is -2.82. The average molecular weight is 307 g/mol. The van der Waals surface area contributed by atoms with Gasteiger partial charge in [-0.15, -0.1) is 0 Å². The van der Waals surface area contributed by atoms with Crippen LogP contribution in [-0.2, 0) is 17.9 Å². The van der Waals surface area contributed by atoms with Gasteiger partial charge in [-0.2, -0.15) is 4.99 Å². The van der Waals surface area contributed by atoms with Crippen LogP contribution < -0.4 is 9.64 Å². The highest BCUT2D eigenvalue weighted by Crippen LogP contribution is 2.31. The van der Waals surface area contributed by atoms with E-state index in [2.05, 4.69) is 16.0 Å². The minimum absolute atomic E-state index is 0.0866. The van der Waals surface area contributed by atoms with Crippen molar-refractivity contribution < 1.29 is 9.53 Å². The van der Waals surface area contributed by atoms with Gasteiger partial charge in [0.05, 0.1) is 7.11 Å². The topological polar surface area (TPSA) is 45.1 Å². The van der Waals surface area contributed by atoms with Gasteiger partial charge in [-0.05, 0) is 29.3 Å². The number of guanidine groups is 1. The number of aliphatic imine (C=N–C) groups is 1. The minimum atomic E-state index is -0.0866. The van der Waals surface area contributed by atoms with E-state index in [1.807, 2.05) is 47.4 Å². The third kappa shape index (κ3) is 2.44. The summed E-state index contributed by atoms with van der Waals surface area (Å²) in [6, 6.07) is 16.2. The lowest BCUT2D eigenvalue weighted by atomic mass is 10.1.